The van der Waals surface area contributed by atoms with Crippen molar-refractivity contribution in [1.82, 2.24) is 14.9 Å². The molecule has 164 valence electrons. The lowest BCUT2D eigenvalue weighted by Crippen LogP contribution is -2.40. The lowest BCUT2D eigenvalue weighted by Gasteiger charge is -2.19. The fourth-order valence-corrected chi connectivity index (χ4v) is 4.10. The van der Waals surface area contributed by atoms with Crippen LogP contribution >= 0.6 is 0 Å². The van der Waals surface area contributed by atoms with Gasteiger partial charge < -0.3 is 19.9 Å². The maximum atomic E-state index is 13.1. The molecule has 0 saturated carbocycles. The van der Waals surface area contributed by atoms with Crippen molar-refractivity contribution in [2.75, 3.05) is 5.32 Å². The van der Waals surface area contributed by atoms with Crippen LogP contribution in [0.1, 0.15) is 30.2 Å². The SMILES string of the molecule is CC[C@H]1NCc2cncn2Cc2ccc(C#N)c(c2)Oc2ccc3cccc(c3c2)NC1=O. The van der Waals surface area contributed by atoms with Crippen molar-refractivity contribution in [3.8, 4) is 17.6 Å². The van der Waals surface area contributed by atoms with Gasteiger partial charge in [0.25, 0.3) is 0 Å². The van der Waals surface area contributed by atoms with E-state index in [-0.39, 0.29) is 11.9 Å². The van der Waals surface area contributed by atoms with Crippen molar-refractivity contribution in [3.63, 3.8) is 0 Å². The molecule has 2 N–H and O–H groups in total. The summed E-state index contributed by atoms with van der Waals surface area (Å²) < 4.78 is 8.19. The Morgan fingerprint density at radius 1 is 1.21 bits per heavy atom. The first kappa shape index (κ1) is 20.7. The van der Waals surface area contributed by atoms with Crippen LogP contribution in [0.5, 0.6) is 11.5 Å². The van der Waals surface area contributed by atoms with E-state index in [1.165, 1.54) is 0 Å². The van der Waals surface area contributed by atoms with Crippen LogP contribution < -0.4 is 15.4 Å². The van der Waals surface area contributed by atoms with Gasteiger partial charge in [0.15, 0.2) is 0 Å². The normalized spacial score (nSPS) is 16.0. The van der Waals surface area contributed by atoms with Crippen molar-refractivity contribution in [2.45, 2.75) is 32.5 Å². The highest BCUT2D eigenvalue weighted by atomic mass is 16.5. The molecular weight excluding hydrogens is 414 g/mol. The number of rotatable bonds is 1. The van der Waals surface area contributed by atoms with Crippen molar-refractivity contribution in [1.29, 1.82) is 5.26 Å². The Morgan fingerprint density at radius 3 is 2.97 bits per heavy atom. The molecule has 4 aromatic rings. The minimum atomic E-state index is -0.350. The number of hydrogen-bond donors (Lipinski definition) is 2. The molecule has 2 heterocycles. The summed E-state index contributed by atoms with van der Waals surface area (Å²) in [6.07, 6.45) is 4.22. The van der Waals surface area contributed by atoms with Gasteiger partial charge in [0, 0.05) is 30.4 Å². The number of benzene rings is 3. The number of hydrogen-bond acceptors (Lipinski definition) is 5. The highest BCUT2D eigenvalue weighted by Crippen LogP contribution is 2.32. The molecule has 1 amide bonds. The third-order valence-electron chi connectivity index (χ3n) is 5.91. The maximum Gasteiger partial charge on any atom is 0.241 e. The van der Waals surface area contributed by atoms with Crippen LogP contribution in [0.2, 0.25) is 0 Å². The Kier molecular flexibility index (Phi) is 5.51. The number of nitriles is 1. The summed E-state index contributed by atoms with van der Waals surface area (Å²) in [6, 6.07) is 19.0. The largest absolute Gasteiger partial charge is 0.456 e. The van der Waals surface area contributed by atoms with Crippen LogP contribution in [0, 0.1) is 11.3 Å². The fraction of sp³-hybridized carbons (Fsp3) is 0.192. The van der Waals surface area contributed by atoms with E-state index in [9.17, 15) is 10.1 Å². The second-order valence-corrected chi connectivity index (χ2v) is 8.08. The second-order valence-electron chi connectivity index (χ2n) is 8.08. The van der Waals surface area contributed by atoms with Crippen LogP contribution in [-0.4, -0.2) is 21.5 Å². The Labute approximate surface area is 191 Å². The van der Waals surface area contributed by atoms with Gasteiger partial charge in [-0.1, -0.05) is 31.2 Å². The highest BCUT2D eigenvalue weighted by molar-refractivity contribution is 6.04. The summed E-state index contributed by atoms with van der Waals surface area (Å²) in [5.74, 6) is 0.999. The Morgan fingerprint density at radius 2 is 2.12 bits per heavy atom. The van der Waals surface area contributed by atoms with E-state index in [1.54, 1.807) is 18.6 Å². The highest BCUT2D eigenvalue weighted by Gasteiger charge is 2.18. The maximum absolute atomic E-state index is 13.1. The molecule has 1 aromatic heterocycles. The number of aromatic nitrogens is 2. The predicted octanol–water partition coefficient (Wildman–Crippen LogP) is 4.57. The van der Waals surface area contributed by atoms with Crippen molar-refractivity contribution in [3.05, 3.63) is 83.9 Å². The Balaban J connectivity index is 1.63. The summed E-state index contributed by atoms with van der Waals surface area (Å²) in [4.78, 5) is 17.4. The summed E-state index contributed by atoms with van der Waals surface area (Å²) in [5.41, 5.74) is 3.13. The molecule has 0 radical (unpaired) electrons. The summed E-state index contributed by atoms with van der Waals surface area (Å²) >= 11 is 0. The van der Waals surface area contributed by atoms with Gasteiger partial charge in [-0.25, -0.2) is 4.98 Å². The Hall–Kier alpha value is -4.15. The molecular formula is C26H23N5O2. The number of imidazole rings is 1. The molecule has 0 unspecified atom stereocenters. The zero-order chi connectivity index (χ0) is 22.8. The van der Waals surface area contributed by atoms with E-state index in [4.69, 9.17) is 4.74 Å². The molecule has 0 fully saturated rings. The van der Waals surface area contributed by atoms with Gasteiger partial charge >= 0.3 is 0 Å². The van der Waals surface area contributed by atoms with Gasteiger partial charge in [0.1, 0.15) is 17.6 Å². The molecule has 4 bridgehead atoms. The van der Waals surface area contributed by atoms with Crippen LogP contribution in [0.3, 0.4) is 0 Å². The van der Waals surface area contributed by atoms with E-state index in [2.05, 4.69) is 21.7 Å². The van der Waals surface area contributed by atoms with E-state index in [0.29, 0.717) is 36.6 Å². The second kappa shape index (κ2) is 8.77. The van der Waals surface area contributed by atoms with E-state index in [1.807, 2.05) is 60.0 Å². The van der Waals surface area contributed by atoms with E-state index >= 15 is 0 Å². The van der Waals surface area contributed by atoms with Gasteiger partial charge in [0.05, 0.1) is 23.6 Å². The first-order valence-corrected chi connectivity index (χ1v) is 10.9. The van der Waals surface area contributed by atoms with E-state index in [0.717, 1.165) is 27.7 Å². The molecule has 3 aromatic carbocycles. The van der Waals surface area contributed by atoms with Gasteiger partial charge in [-0.15, -0.1) is 0 Å². The Bertz CT molecular complexity index is 1390. The molecule has 5 rings (SSSR count). The summed E-state index contributed by atoms with van der Waals surface area (Å²) in [7, 11) is 0. The quantitative estimate of drug-likeness (QED) is 0.455. The average molecular weight is 438 g/mol. The molecule has 0 aliphatic carbocycles. The van der Waals surface area contributed by atoms with Gasteiger partial charge in [0.2, 0.25) is 5.91 Å². The predicted molar refractivity (Wildman–Crippen MR) is 126 cm³/mol. The summed E-state index contributed by atoms with van der Waals surface area (Å²) in [6.45, 7) is 3.06. The molecule has 1 aliphatic rings. The number of ether oxygens (including phenoxy) is 1. The monoisotopic (exact) mass is 437 g/mol. The zero-order valence-corrected chi connectivity index (χ0v) is 18.2. The first-order valence-electron chi connectivity index (χ1n) is 10.9. The topological polar surface area (TPSA) is 92.0 Å². The third kappa shape index (κ3) is 4.16. The van der Waals surface area contributed by atoms with Gasteiger partial charge in [-0.3, -0.25) is 4.79 Å². The van der Waals surface area contributed by atoms with Crippen LogP contribution in [-0.2, 0) is 17.9 Å². The zero-order valence-electron chi connectivity index (χ0n) is 18.2. The third-order valence-corrected chi connectivity index (χ3v) is 5.91. The van der Waals surface area contributed by atoms with Crippen LogP contribution in [0.4, 0.5) is 5.69 Å². The first-order chi connectivity index (χ1) is 16.1. The summed E-state index contributed by atoms with van der Waals surface area (Å²) in [5, 5.41) is 17.9. The van der Waals surface area contributed by atoms with Crippen molar-refractivity contribution in [2.24, 2.45) is 0 Å². The number of carbonyl (C=O) groups excluding carboxylic acids is 1. The van der Waals surface area contributed by atoms with Crippen molar-refractivity contribution >= 4 is 22.4 Å². The van der Waals surface area contributed by atoms with Crippen LogP contribution in [0.25, 0.3) is 10.8 Å². The number of fused-ring (bicyclic) bond motifs is 4. The lowest BCUT2D eigenvalue weighted by atomic mass is 10.1. The molecule has 0 saturated heterocycles. The average Bonchev–Trinajstić information content (AvgIpc) is 3.26. The lowest BCUT2D eigenvalue weighted by molar-refractivity contribution is -0.118. The fourth-order valence-electron chi connectivity index (χ4n) is 4.10. The number of nitrogens with zero attached hydrogens (tertiary/aromatic N) is 3. The minimum absolute atomic E-state index is 0.0912. The van der Waals surface area contributed by atoms with Gasteiger partial charge in [-0.05, 0) is 47.7 Å². The molecule has 0 spiro atoms. The number of anilines is 1. The molecule has 33 heavy (non-hydrogen) atoms. The number of carbonyl (C=O) groups is 1. The minimum Gasteiger partial charge on any atom is -0.456 e. The molecule has 1 atom stereocenters. The van der Waals surface area contributed by atoms with E-state index < -0.39 is 0 Å². The van der Waals surface area contributed by atoms with Gasteiger partial charge in [-0.2, -0.15) is 5.26 Å². The standard InChI is InChI=1S/C26H23N5O2/c1-2-23-26(32)30-24-5-3-4-18-8-9-21(11-22(18)24)33-25-10-17(6-7-19(25)12-27)15-31-16-28-13-20(31)14-29-23/h3-11,13,16,23,29H,2,14-15H2,1H3,(H,30,32)/t23-/m1/s1. The number of amides is 1. The molecule has 7 nitrogen and oxygen atoms in total. The molecule has 7 heteroatoms. The van der Waals surface area contributed by atoms with Crippen molar-refractivity contribution < 1.29 is 9.53 Å². The number of nitrogens with one attached hydrogen (secondary N) is 2. The smallest absolute Gasteiger partial charge is 0.241 e. The molecule has 1 aliphatic heterocycles. The van der Waals surface area contributed by atoms with Crippen LogP contribution in [0.15, 0.2) is 67.1 Å².